The van der Waals surface area contributed by atoms with Crippen molar-refractivity contribution in [2.45, 2.75) is 31.7 Å². The molecule has 0 unspecified atom stereocenters. The third-order valence-corrected chi connectivity index (χ3v) is 2.89. The van der Waals surface area contributed by atoms with Gasteiger partial charge in [0.05, 0.1) is 20.6 Å². The summed E-state index contributed by atoms with van der Waals surface area (Å²) in [6.45, 7) is 1.69. The highest BCUT2D eigenvalue weighted by molar-refractivity contribution is 5.82. The Balaban J connectivity index is 2.61. The molecule has 0 aromatic carbocycles. The third kappa shape index (κ3) is 3.48. The fourth-order valence-corrected chi connectivity index (χ4v) is 1.97. The van der Waals surface area contributed by atoms with E-state index in [1.165, 1.54) is 20.6 Å². The van der Waals surface area contributed by atoms with Crippen LogP contribution in [0.15, 0.2) is 0 Å². The van der Waals surface area contributed by atoms with Gasteiger partial charge in [-0.15, -0.1) is 0 Å². The Labute approximate surface area is 95.7 Å². The van der Waals surface area contributed by atoms with Crippen molar-refractivity contribution in [1.29, 1.82) is 0 Å². The summed E-state index contributed by atoms with van der Waals surface area (Å²) in [5.41, 5.74) is 0. The zero-order chi connectivity index (χ0) is 12.0. The van der Waals surface area contributed by atoms with Gasteiger partial charge in [-0.2, -0.15) is 0 Å². The lowest BCUT2D eigenvalue weighted by Gasteiger charge is -2.32. The molecule has 0 aromatic heterocycles. The van der Waals surface area contributed by atoms with Crippen LogP contribution in [0.4, 0.5) is 0 Å². The summed E-state index contributed by atoms with van der Waals surface area (Å²) in [5, 5.41) is 0. The van der Waals surface area contributed by atoms with E-state index >= 15 is 0 Å². The number of carbonyl (C=O) groups excluding carboxylic acids is 2. The van der Waals surface area contributed by atoms with Gasteiger partial charge in [0.2, 0.25) is 0 Å². The van der Waals surface area contributed by atoms with Crippen LogP contribution in [0.3, 0.4) is 0 Å². The second kappa shape index (κ2) is 6.48. The first-order valence-corrected chi connectivity index (χ1v) is 5.57. The molecule has 1 rings (SSSR count). The van der Waals surface area contributed by atoms with Crippen molar-refractivity contribution in [3.63, 3.8) is 0 Å². The maximum absolute atomic E-state index is 11.6. The van der Waals surface area contributed by atoms with Crippen molar-refractivity contribution in [1.82, 2.24) is 4.90 Å². The molecule has 92 valence electrons. The van der Waals surface area contributed by atoms with Crippen molar-refractivity contribution in [2.75, 3.05) is 27.3 Å². The molecule has 1 aliphatic rings. The predicted molar refractivity (Wildman–Crippen MR) is 57.9 cm³/mol. The molecule has 1 fully saturated rings. The van der Waals surface area contributed by atoms with Gasteiger partial charge in [0, 0.05) is 0 Å². The molecule has 5 heteroatoms. The molecule has 1 aliphatic heterocycles. The summed E-state index contributed by atoms with van der Waals surface area (Å²) in [6, 6.07) is -0.488. The molecular weight excluding hydrogens is 210 g/mol. The summed E-state index contributed by atoms with van der Waals surface area (Å²) in [4.78, 5) is 24.8. The van der Waals surface area contributed by atoms with Gasteiger partial charge in [-0.05, 0) is 25.9 Å². The van der Waals surface area contributed by atoms with Crippen LogP contribution in [0, 0.1) is 0 Å². The lowest BCUT2D eigenvalue weighted by atomic mass is 10.1. The number of methoxy groups -OCH3 is 2. The molecule has 0 N–H and O–H groups in total. The Morgan fingerprint density at radius 3 is 2.25 bits per heavy atom. The Kier molecular flexibility index (Phi) is 5.25. The Bertz CT molecular complexity index is 248. The number of hydrogen-bond donors (Lipinski definition) is 0. The number of carbonyl (C=O) groups is 2. The van der Waals surface area contributed by atoms with Crippen LogP contribution >= 0.6 is 0 Å². The van der Waals surface area contributed by atoms with Crippen LogP contribution < -0.4 is 0 Å². The van der Waals surface area contributed by atoms with E-state index in [1.54, 1.807) is 0 Å². The summed E-state index contributed by atoms with van der Waals surface area (Å²) >= 11 is 0. The van der Waals surface area contributed by atoms with E-state index in [0.717, 1.165) is 25.9 Å². The molecule has 0 aliphatic carbocycles. The predicted octanol–water partition coefficient (Wildman–Crippen LogP) is 0.577. The number of ether oxygens (including phenoxy) is 2. The third-order valence-electron chi connectivity index (χ3n) is 2.89. The summed E-state index contributed by atoms with van der Waals surface area (Å²) in [6.07, 6.45) is 3.38. The second-order valence-electron chi connectivity index (χ2n) is 3.92. The molecule has 1 saturated heterocycles. The lowest BCUT2D eigenvalue weighted by molar-refractivity contribution is -0.154. The lowest BCUT2D eigenvalue weighted by Crippen LogP contribution is -2.45. The number of piperidine rings is 1. The standard InChI is InChI=1S/C11H19NO4/c1-15-10(13)8-9(11(14)16-2)12-6-4-3-5-7-12/h9H,3-8H2,1-2H3/t9-/m0/s1. The largest absolute Gasteiger partial charge is 0.469 e. The minimum absolute atomic E-state index is 0.0726. The first-order chi connectivity index (χ1) is 7.69. The molecule has 1 heterocycles. The molecule has 0 saturated carbocycles. The highest BCUT2D eigenvalue weighted by atomic mass is 16.5. The van der Waals surface area contributed by atoms with E-state index in [9.17, 15) is 9.59 Å². The smallest absolute Gasteiger partial charge is 0.323 e. The highest BCUT2D eigenvalue weighted by Gasteiger charge is 2.30. The number of rotatable bonds is 4. The van der Waals surface area contributed by atoms with E-state index in [4.69, 9.17) is 4.74 Å². The van der Waals surface area contributed by atoms with Crippen molar-refractivity contribution in [3.05, 3.63) is 0 Å². The summed E-state index contributed by atoms with van der Waals surface area (Å²) in [5.74, 6) is -0.728. The average molecular weight is 229 g/mol. The van der Waals surface area contributed by atoms with Crippen LogP contribution in [-0.4, -0.2) is 50.2 Å². The van der Waals surface area contributed by atoms with E-state index in [2.05, 4.69) is 4.74 Å². The average Bonchev–Trinajstić information content (AvgIpc) is 2.35. The van der Waals surface area contributed by atoms with Crippen LogP contribution in [-0.2, 0) is 19.1 Å². The van der Waals surface area contributed by atoms with Gasteiger partial charge in [0.15, 0.2) is 0 Å². The second-order valence-corrected chi connectivity index (χ2v) is 3.92. The zero-order valence-electron chi connectivity index (χ0n) is 9.90. The highest BCUT2D eigenvalue weighted by Crippen LogP contribution is 2.15. The molecular formula is C11H19NO4. The van der Waals surface area contributed by atoms with E-state index in [-0.39, 0.29) is 18.4 Å². The number of nitrogens with zero attached hydrogens (tertiary/aromatic N) is 1. The fourth-order valence-electron chi connectivity index (χ4n) is 1.97. The minimum atomic E-state index is -0.488. The quantitative estimate of drug-likeness (QED) is 0.660. The van der Waals surface area contributed by atoms with Crippen molar-refractivity contribution in [3.8, 4) is 0 Å². The number of esters is 2. The first-order valence-electron chi connectivity index (χ1n) is 5.57. The first kappa shape index (κ1) is 13.0. The minimum Gasteiger partial charge on any atom is -0.469 e. The van der Waals surface area contributed by atoms with Gasteiger partial charge in [0.25, 0.3) is 0 Å². The van der Waals surface area contributed by atoms with E-state index in [0.29, 0.717) is 0 Å². The van der Waals surface area contributed by atoms with Gasteiger partial charge < -0.3 is 9.47 Å². The molecule has 0 aromatic rings. The van der Waals surface area contributed by atoms with Crippen LogP contribution in [0.25, 0.3) is 0 Å². The van der Waals surface area contributed by atoms with Crippen LogP contribution in [0.5, 0.6) is 0 Å². The molecule has 1 atom stereocenters. The van der Waals surface area contributed by atoms with Gasteiger partial charge in [-0.1, -0.05) is 6.42 Å². The van der Waals surface area contributed by atoms with Gasteiger partial charge in [-0.25, -0.2) is 0 Å². The Hall–Kier alpha value is -1.10. The maximum atomic E-state index is 11.6. The van der Waals surface area contributed by atoms with Crippen molar-refractivity contribution in [2.24, 2.45) is 0 Å². The maximum Gasteiger partial charge on any atom is 0.323 e. The molecule has 16 heavy (non-hydrogen) atoms. The van der Waals surface area contributed by atoms with Gasteiger partial charge >= 0.3 is 11.9 Å². The van der Waals surface area contributed by atoms with E-state index < -0.39 is 6.04 Å². The molecule has 0 radical (unpaired) electrons. The molecule has 0 bridgehead atoms. The zero-order valence-corrected chi connectivity index (χ0v) is 9.90. The molecule has 5 nitrogen and oxygen atoms in total. The molecule has 0 amide bonds. The fraction of sp³-hybridized carbons (Fsp3) is 0.818. The van der Waals surface area contributed by atoms with Gasteiger partial charge in [0.1, 0.15) is 6.04 Å². The van der Waals surface area contributed by atoms with Crippen LogP contribution in [0.2, 0.25) is 0 Å². The molecule has 0 spiro atoms. The number of likely N-dealkylation sites (tertiary alicyclic amines) is 1. The van der Waals surface area contributed by atoms with Crippen molar-refractivity contribution >= 4 is 11.9 Å². The van der Waals surface area contributed by atoms with Crippen LogP contribution in [0.1, 0.15) is 25.7 Å². The topological polar surface area (TPSA) is 55.8 Å². The summed E-state index contributed by atoms with van der Waals surface area (Å²) in [7, 11) is 2.67. The summed E-state index contributed by atoms with van der Waals surface area (Å²) < 4.78 is 9.32. The van der Waals surface area contributed by atoms with Crippen molar-refractivity contribution < 1.29 is 19.1 Å². The normalized spacial score (nSPS) is 18.9. The van der Waals surface area contributed by atoms with E-state index in [1.807, 2.05) is 4.90 Å². The Morgan fingerprint density at radius 2 is 1.75 bits per heavy atom. The number of hydrogen-bond acceptors (Lipinski definition) is 5. The SMILES string of the molecule is COC(=O)C[C@@H](C(=O)OC)N1CCCCC1. The van der Waals surface area contributed by atoms with Gasteiger partial charge in [-0.3, -0.25) is 14.5 Å². The Morgan fingerprint density at radius 1 is 1.12 bits per heavy atom. The monoisotopic (exact) mass is 229 g/mol.